The van der Waals surface area contributed by atoms with Gasteiger partial charge in [0.15, 0.2) is 0 Å². The number of aliphatic hydroxyl groups is 1. The van der Waals surface area contributed by atoms with Crippen LogP contribution in [0.15, 0.2) is 54.6 Å². The van der Waals surface area contributed by atoms with Gasteiger partial charge in [-0.3, -0.25) is 4.79 Å². The van der Waals surface area contributed by atoms with Gasteiger partial charge in [0.05, 0.1) is 12.1 Å². The van der Waals surface area contributed by atoms with Crippen molar-refractivity contribution in [2.45, 2.75) is 64.0 Å². The Balaban J connectivity index is 1.41. The first kappa shape index (κ1) is 25.7. The number of thiophene rings is 1. The molecule has 34 heavy (non-hydrogen) atoms. The lowest BCUT2D eigenvalue weighted by atomic mass is 9.99. The maximum Gasteiger partial charge on any atom is 0.345 e. The fourth-order valence-corrected chi connectivity index (χ4v) is 4.91. The summed E-state index contributed by atoms with van der Waals surface area (Å²) in [5.74, 6) is 5.65. The SMILES string of the molecule is C[C@@H](CC#CCCc1ccccc1)[C@H](O)C=C[C@H]1CCC(=O)N1CCCc1ccc(C(=O)O)s1. The smallest absolute Gasteiger partial charge is 0.345 e. The highest BCUT2D eigenvalue weighted by Gasteiger charge is 2.28. The second-order valence-electron chi connectivity index (χ2n) is 8.76. The van der Waals surface area contributed by atoms with Crippen LogP contribution in [0.25, 0.3) is 0 Å². The van der Waals surface area contributed by atoms with Gasteiger partial charge in [-0.2, -0.15) is 0 Å². The molecule has 1 aromatic carbocycles. The van der Waals surface area contributed by atoms with Gasteiger partial charge in [0.1, 0.15) is 4.88 Å². The maximum atomic E-state index is 12.3. The number of carbonyl (C=O) groups is 2. The molecule has 0 spiro atoms. The molecule has 2 N–H and O–H groups in total. The van der Waals surface area contributed by atoms with E-state index in [-0.39, 0.29) is 17.9 Å². The van der Waals surface area contributed by atoms with E-state index in [4.69, 9.17) is 5.11 Å². The first-order valence-corrected chi connectivity index (χ1v) is 12.7. The first-order chi connectivity index (χ1) is 16.4. The fourth-order valence-electron chi connectivity index (χ4n) is 4.02. The molecule has 1 aliphatic heterocycles. The van der Waals surface area contributed by atoms with Crippen molar-refractivity contribution in [2.75, 3.05) is 6.54 Å². The molecular weight excluding hydrogens is 446 g/mol. The van der Waals surface area contributed by atoms with E-state index in [2.05, 4.69) is 24.0 Å². The Kier molecular flexibility index (Phi) is 9.93. The zero-order valence-electron chi connectivity index (χ0n) is 19.7. The van der Waals surface area contributed by atoms with Crippen molar-refractivity contribution in [3.63, 3.8) is 0 Å². The number of amides is 1. The Labute approximate surface area is 206 Å². The molecule has 5 nitrogen and oxygen atoms in total. The van der Waals surface area contributed by atoms with Gasteiger partial charge in [-0.1, -0.05) is 49.4 Å². The van der Waals surface area contributed by atoms with E-state index in [1.807, 2.05) is 48.2 Å². The van der Waals surface area contributed by atoms with Gasteiger partial charge < -0.3 is 15.1 Å². The molecule has 0 aliphatic carbocycles. The van der Waals surface area contributed by atoms with Gasteiger partial charge in [0, 0.05) is 30.7 Å². The standard InChI is InChI=1S/C28H33NO4S/c1-21(9-4-2-5-10-22-11-6-3-7-12-22)25(30)17-14-23-15-19-27(31)29(23)20-8-13-24-16-18-26(34-24)28(32)33/h3,6-7,11-12,14,16-18,21,23,25,30H,5,8-10,13,15,19-20H2,1H3,(H,32,33)/t21-,23-,25+/m0/s1. The van der Waals surface area contributed by atoms with Gasteiger partial charge in [-0.25, -0.2) is 4.79 Å². The number of aryl methyl sites for hydroxylation is 2. The van der Waals surface area contributed by atoms with Crippen LogP contribution in [0.1, 0.15) is 59.1 Å². The zero-order chi connectivity index (χ0) is 24.3. The Bertz CT molecular complexity index is 1030. The number of nitrogens with zero attached hydrogens (tertiary/aromatic N) is 1. The third kappa shape index (κ3) is 7.86. The van der Waals surface area contributed by atoms with Gasteiger partial charge in [-0.15, -0.1) is 23.2 Å². The lowest BCUT2D eigenvalue weighted by Gasteiger charge is -2.23. The number of benzene rings is 1. The van der Waals surface area contributed by atoms with Crippen LogP contribution in [0.3, 0.4) is 0 Å². The number of rotatable bonds is 11. The molecule has 2 aromatic rings. The van der Waals surface area contributed by atoms with E-state index >= 15 is 0 Å². The third-order valence-electron chi connectivity index (χ3n) is 6.11. The molecule has 1 amide bonds. The minimum Gasteiger partial charge on any atom is -0.477 e. The van der Waals surface area contributed by atoms with Crippen molar-refractivity contribution in [3.05, 3.63) is 69.9 Å². The van der Waals surface area contributed by atoms with Crippen molar-refractivity contribution in [3.8, 4) is 11.8 Å². The highest BCUT2D eigenvalue weighted by atomic mass is 32.1. The van der Waals surface area contributed by atoms with E-state index in [0.717, 1.165) is 37.0 Å². The van der Waals surface area contributed by atoms with Crippen molar-refractivity contribution < 1.29 is 19.8 Å². The Morgan fingerprint density at radius 3 is 2.74 bits per heavy atom. The van der Waals surface area contributed by atoms with E-state index in [1.54, 1.807) is 6.07 Å². The number of carboxylic acids is 1. The lowest BCUT2D eigenvalue weighted by molar-refractivity contribution is -0.128. The Morgan fingerprint density at radius 1 is 1.21 bits per heavy atom. The maximum absolute atomic E-state index is 12.3. The van der Waals surface area contributed by atoms with E-state index < -0.39 is 12.1 Å². The van der Waals surface area contributed by atoms with Gasteiger partial charge in [0.25, 0.3) is 0 Å². The summed E-state index contributed by atoms with van der Waals surface area (Å²) in [6, 6.07) is 13.8. The average molecular weight is 480 g/mol. The van der Waals surface area contributed by atoms with E-state index in [1.165, 1.54) is 16.9 Å². The molecule has 0 radical (unpaired) electrons. The molecule has 3 atom stereocenters. The van der Waals surface area contributed by atoms with Crippen LogP contribution in [0.4, 0.5) is 0 Å². The molecule has 0 bridgehead atoms. The minimum atomic E-state index is -0.901. The monoisotopic (exact) mass is 479 g/mol. The largest absolute Gasteiger partial charge is 0.477 e. The number of carbonyl (C=O) groups excluding carboxylic acids is 1. The molecule has 3 rings (SSSR count). The van der Waals surface area contributed by atoms with Crippen molar-refractivity contribution in [1.82, 2.24) is 4.90 Å². The van der Waals surface area contributed by atoms with Crippen LogP contribution in [0.5, 0.6) is 0 Å². The highest BCUT2D eigenvalue weighted by Crippen LogP contribution is 2.23. The van der Waals surface area contributed by atoms with Crippen molar-refractivity contribution >= 4 is 23.2 Å². The summed E-state index contributed by atoms with van der Waals surface area (Å²) in [5, 5.41) is 19.6. The van der Waals surface area contributed by atoms with E-state index in [9.17, 15) is 14.7 Å². The second kappa shape index (κ2) is 13.1. The molecule has 1 fully saturated rings. The van der Waals surface area contributed by atoms with Gasteiger partial charge in [-0.05, 0) is 49.3 Å². The Hall–Kier alpha value is -2.88. The number of likely N-dealkylation sites (tertiary alicyclic amines) is 1. The molecule has 0 saturated carbocycles. The van der Waals surface area contributed by atoms with Gasteiger partial charge in [0.2, 0.25) is 5.91 Å². The molecule has 2 heterocycles. The van der Waals surface area contributed by atoms with Crippen LogP contribution >= 0.6 is 11.3 Å². The summed E-state index contributed by atoms with van der Waals surface area (Å²) < 4.78 is 0. The summed E-state index contributed by atoms with van der Waals surface area (Å²) in [5.41, 5.74) is 1.28. The molecule has 1 aromatic heterocycles. The van der Waals surface area contributed by atoms with Crippen LogP contribution in [-0.4, -0.2) is 45.7 Å². The Morgan fingerprint density at radius 2 is 2.00 bits per heavy atom. The molecule has 6 heteroatoms. The third-order valence-corrected chi connectivity index (χ3v) is 7.25. The second-order valence-corrected chi connectivity index (χ2v) is 9.93. The molecule has 180 valence electrons. The quantitative estimate of drug-likeness (QED) is 0.353. The number of hydrogen-bond donors (Lipinski definition) is 2. The normalized spacial score (nSPS) is 17.5. The summed E-state index contributed by atoms with van der Waals surface area (Å²) in [6.07, 6.45) is 8.37. The molecule has 1 saturated heterocycles. The van der Waals surface area contributed by atoms with Crippen LogP contribution in [0, 0.1) is 17.8 Å². The molecule has 1 aliphatic rings. The predicted octanol–water partition coefficient (Wildman–Crippen LogP) is 4.95. The summed E-state index contributed by atoms with van der Waals surface area (Å²) >= 11 is 1.29. The van der Waals surface area contributed by atoms with E-state index in [0.29, 0.717) is 24.3 Å². The fraction of sp³-hybridized carbons (Fsp3) is 0.429. The zero-order valence-corrected chi connectivity index (χ0v) is 20.5. The number of aromatic carboxylic acids is 1. The number of carboxylic acid groups (broad SMARTS) is 1. The van der Waals surface area contributed by atoms with Crippen LogP contribution in [0.2, 0.25) is 0 Å². The summed E-state index contributed by atoms with van der Waals surface area (Å²) in [4.78, 5) is 26.6. The minimum absolute atomic E-state index is 0.00391. The van der Waals surface area contributed by atoms with Crippen molar-refractivity contribution in [2.24, 2.45) is 5.92 Å². The molecular formula is C28H33NO4S. The first-order valence-electron chi connectivity index (χ1n) is 11.9. The van der Waals surface area contributed by atoms with Crippen molar-refractivity contribution in [1.29, 1.82) is 0 Å². The average Bonchev–Trinajstić information content (AvgIpc) is 3.45. The molecule has 0 unspecified atom stereocenters. The highest BCUT2D eigenvalue weighted by molar-refractivity contribution is 7.13. The van der Waals surface area contributed by atoms with Crippen LogP contribution < -0.4 is 0 Å². The van der Waals surface area contributed by atoms with Crippen LogP contribution in [-0.2, 0) is 17.6 Å². The summed E-state index contributed by atoms with van der Waals surface area (Å²) in [6.45, 7) is 2.62. The number of aliphatic hydroxyl groups excluding tert-OH is 1. The predicted molar refractivity (Wildman–Crippen MR) is 136 cm³/mol. The number of hydrogen-bond acceptors (Lipinski definition) is 4. The van der Waals surface area contributed by atoms with Gasteiger partial charge >= 0.3 is 5.97 Å². The summed E-state index contributed by atoms with van der Waals surface area (Å²) in [7, 11) is 0. The lowest BCUT2D eigenvalue weighted by Crippen LogP contribution is -2.33. The topological polar surface area (TPSA) is 77.8 Å².